The first-order valence-corrected chi connectivity index (χ1v) is 13.4. The third-order valence-corrected chi connectivity index (χ3v) is 8.37. The predicted molar refractivity (Wildman–Crippen MR) is 166 cm³/mol. The summed E-state index contributed by atoms with van der Waals surface area (Å²) in [4.78, 5) is 0. The summed E-state index contributed by atoms with van der Waals surface area (Å²) in [7, 11) is 0. The van der Waals surface area contributed by atoms with Crippen LogP contribution in [0, 0.1) is 0 Å². The van der Waals surface area contributed by atoms with Crippen LogP contribution >= 0.6 is 0 Å². The first kappa shape index (κ1) is 20.9. The van der Waals surface area contributed by atoms with Gasteiger partial charge in [0, 0.05) is 21.5 Å². The molecule has 0 radical (unpaired) electrons. The SMILES string of the molecule is c1ccc(-c2ccc3c(c2)oc2c4cccc5c(-c6ccc7ccccc7c6)cc6cccc(c32)c6c54)cc1. The highest BCUT2D eigenvalue weighted by atomic mass is 16.3. The fourth-order valence-electron chi connectivity index (χ4n) is 6.61. The van der Waals surface area contributed by atoms with Crippen LogP contribution in [0.3, 0.4) is 0 Å². The Morgan fingerprint density at radius 3 is 2.03 bits per heavy atom. The Hall–Kier alpha value is -5.14. The molecule has 0 fully saturated rings. The van der Waals surface area contributed by atoms with Gasteiger partial charge in [0.1, 0.15) is 11.2 Å². The van der Waals surface area contributed by atoms with E-state index in [9.17, 15) is 0 Å². The molecule has 0 amide bonds. The average Bonchev–Trinajstić information content (AvgIpc) is 3.39. The summed E-state index contributed by atoms with van der Waals surface area (Å²) >= 11 is 0. The number of fused-ring (bicyclic) bond motifs is 6. The summed E-state index contributed by atoms with van der Waals surface area (Å²) in [6.45, 7) is 0. The minimum Gasteiger partial charge on any atom is -0.455 e. The highest BCUT2D eigenvalue weighted by Gasteiger charge is 2.20. The van der Waals surface area contributed by atoms with Gasteiger partial charge in [0.15, 0.2) is 0 Å². The third kappa shape index (κ3) is 2.90. The highest BCUT2D eigenvalue weighted by Crippen LogP contribution is 2.47. The van der Waals surface area contributed by atoms with E-state index in [-0.39, 0.29) is 0 Å². The molecule has 0 aliphatic carbocycles. The van der Waals surface area contributed by atoms with E-state index in [1.807, 2.05) is 0 Å². The van der Waals surface area contributed by atoms with Crippen LogP contribution in [0.4, 0.5) is 0 Å². The average molecular weight is 495 g/mol. The van der Waals surface area contributed by atoms with Gasteiger partial charge in [-0.25, -0.2) is 0 Å². The van der Waals surface area contributed by atoms with Crippen LogP contribution in [0.15, 0.2) is 138 Å². The Kier molecular flexibility index (Phi) is 4.11. The Balaban J connectivity index is 1.41. The van der Waals surface area contributed by atoms with Crippen molar-refractivity contribution in [2.75, 3.05) is 0 Å². The lowest BCUT2D eigenvalue weighted by Gasteiger charge is -2.16. The van der Waals surface area contributed by atoms with Crippen molar-refractivity contribution in [1.29, 1.82) is 0 Å². The summed E-state index contributed by atoms with van der Waals surface area (Å²) in [6.07, 6.45) is 0. The molecule has 0 aliphatic rings. The van der Waals surface area contributed by atoms with E-state index >= 15 is 0 Å². The molecule has 0 aliphatic heterocycles. The molecule has 1 nitrogen and oxygen atoms in total. The largest absolute Gasteiger partial charge is 0.455 e. The van der Waals surface area contributed by atoms with Gasteiger partial charge in [-0.3, -0.25) is 0 Å². The molecule has 180 valence electrons. The maximum atomic E-state index is 6.73. The standard InChI is InChI=1S/C38H22O/c1-2-8-23(9-3-1)26-18-19-30-34(22-26)39-38-32-15-7-13-29-33(27-17-16-24-10-4-5-11-25(24)20-27)21-28-12-6-14-31(37(30)38)35(28)36(29)32/h1-22H. The molecule has 0 saturated carbocycles. The zero-order valence-corrected chi connectivity index (χ0v) is 21.1. The third-order valence-electron chi connectivity index (χ3n) is 8.37. The molecule has 0 bridgehead atoms. The van der Waals surface area contributed by atoms with Crippen LogP contribution < -0.4 is 0 Å². The zero-order valence-electron chi connectivity index (χ0n) is 21.1. The van der Waals surface area contributed by atoms with Gasteiger partial charge in [-0.15, -0.1) is 0 Å². The van der Waals surface area contributed by atoms with Crippen LogP contribution in [-0.2, 0) is 0 Å². The Morgan fingerprint density at radius 1 is 0.359 bits per heavy atom. The fraction of sp³-hybridized carbons (Fsp3) is 0. The van der Waals surface area contributed by atoms with E-state index in [0.717, 1.165) is 11.2 Å². The van der Waals surface area contributed by atoms with Gasteiger partial charge in [-0.1, -0.05) is 109 Å². The summed E-state index contributed by atoms with van der Waals surface area (Å²) in [5, 5.41) is 12.4. The summed E-state index contributed by atoms with van der Waals surface area (Å²) in [6, 6.07) is 48.2. The molecule has 1 heterocycles. The van der Waals surface area contributed by atoms with Crippen LogP contribution in [0.1, 0.15) is 0 Å². The molecule has 0 unspecified atom stereocenters. The Labute approximate surface area is 224 Å². The smallest absolute Gasteiger partial charge is 0.143 e. The Bertz CT molecular complexity index is 2370. The minimum absolute atomic E-state index is 0.929. The minimum atomic E-state index is 0.929. The summed E-state index contributed by atoms with van der Waals surface area (Å²) < 4.78 is 6.73. The fourth-order valence-corrected chi connectivity index (χ4v) is 6.61. The molecule has 1 heteroatoms. The molecule has 9 rings (SSSR count). The van der Waals surface area contributed by atoms with Crippen LogP contribution in [0.5, 0.6) is 0 Å². The zero-order chi connectivity index (χ0) is 25.5. The van der Waals surface area contributed by atoms with Gasteiger partial charge < -0.3 is 4.42 Å². The van der Waals surface area contributed by atoms with Crippen molar-refractivity contribution < 1.29 is 4.42 Å². The number of furan rings is 1. The lowest BCUT2D eigenvalue weighted by Crippen LogP contribution is -1.89. The summed E-state index contributed by atoms with van der Waals surface area (Å²) in [5.41, 5.74) is 6.76. The van der Waals surface area contributed by atoms with Crippen molar-refractivity contribution in [3.05, 3.63) is 133 Å². The second kappa shape index (κ2) is 7.69. The molecule has 1 aromatic heterocycles. The first-order chi connectivity index (χ1) is 19.3. The van der Waals surface area contributed by atoms with E-state index in [4.69, 9.17) is 4.42 Å². The Morgan fingerprint density at radius 2 is 1.10 bits per heavy atom. The maximum Gasteiger partial charge on any atom is 0.143 e. The maximum absolute atomic E-state index is 6.73. The van der Waals surface area contributed by atoms with Gasteiger partial charge in [-0.2, -0.15) is 0 Å². The summed E-state index contributed by atoms with van der Waals surface area (Å²) in [5.74, 6) is 0. The molecule has 9 aromatic rings. The van der Waals surface area contributed by atoms with Gasteiger partial charge >= 0.3 is 0 Å². The second-order valence-corrected chi connectivity index (χ2v) is 10.5. The number of benzene rings is 8. The van der Waals surface area contributed by atoms with Crippen molar-refractivity contribution >= 4 is 65.0 Å². The van der Waals surface area contributed by atoms with Gasteiger partial charge in [0.2, 0.25) is 0 Å². The van der Waals surface area contributed by atoms with E-state index in [2.05, 4.69) is 133 Å². The number of hydrogen-bond donors (Lipinski definition) is 0. The second-order valence-electron chi connectivity index (χ2n) is 10.5. The van der Waals surface area contributed by atoms with Crippen molar-refractivity contribution in [2.24, 2.45) is 0 Å². The van der Waals surface area contributed by atoms with Gasteiger partial charge in [-0.05, 0) is 78.8 Å². The van der Waals surface area contributed by atoms with Gasteiger partial charge in [0.05, 0.1) is 0 Å². The van der Waals surface area contributed by atoms with Crippen LogP contribution in [0.2, 0.25) is 0 Å². The lowest BCUT2D eigenvalue weighted by atomic mass is 9.87. The predicted octanol–water partition coefficient (Wildman–Crippen LogP) is 11.0. The normalized spacial score (nSPS) is 12.1. The van der Waals surface area contributed by atoms with Crippen LogP contribution in [0.25, 0.3) is 87.3 Å². The van der Waals surface area contributed by atoms with Crippen molar-refractivity contribution in [2.45, 2.75) is 0 Å². The lowest BCUT2D eigenvalue weighted by molar-refractivity contribution is 0.673. The number of hydrogen-bond acceptors (Lipinski definition) is 1. The first-order valence-electron chi connectivity index (χ1n) is 13.4. The molecule has 0 atom stereocenters. The van der Waals surface area contributed by atoms with Crippen LogP contribution in [-0.4, -0.2) is 0 Å². The molecular weight excluding hydrogens is 472 g/mol. The van der Waals surface area contributed by atoms with E-state index in [1.54, 1.807) is 0 Å². The monoisotopic (exact) mass is 494 g/mol. The van der Waals surface area contributed by atoms with Crippen molar-refractivity contribution in [1.82, 2.24) is 0 Å². The van der Waals surface area contributed by atoms with Gasteiger partial charge in [0.25, 0.3) is 0 Å². The quantitative estimate of drug-likeness (QED) is 0.218. The molecular formula is C38H22O. The van der Waals surface area contributed by atoms with E-state index in [0.29, 0.717) is 0 Å². The number of rotatable bonds is 2. The topological polar surface area (TPSA) is 13.1 Å². The van der Waals surface area contributed by atoms with E-state index < -0.39 is 0 Å². The molecule has 0 spiro atoms. The molecule has 8 aromatic carbocycles. The molecule has 39 heavy (non-hydrogen) atoms. The highest BCUT2D eigenvalue weighted by molar-refractivity contribution is 6.38. The van der Waals surface area contributed by atoms with Crippen molar-refractivity contribution in [3.63, 3.8) is 0 Å². The van der Waals surface area contributed by atoms with Crippen molar-refractivity contribution in [3.8, 4) is 22.3 Å². The van der Waals surface area contributed by atoms with E-state index in [1.165, 1.54) is 76.1 Å². The molecule has 0 N–H and O–H groups in total. The molecule has 0 saturated heterocycles.